The van der Waals surface area contributed by atoms with Crippen molar-refractivity contribution in [2.24, 2.45) is 0 Å². The molecule has 1 aromatic carbocycles. The molecule has 1 aromatic heterocycles. The van der Waals surface area contributed by atoms with Crippen molar-refractivity contribution >= 4 is 0 Å². The number of aliphatic hydroxyl groups excluding tert-OH is 1. The van der Waals surface area contributed by atoms with Gasteiger partial charge < -0.3 is 14.3 Å². The second-order valence-electron chi connectivity index (χ2n) is 3.72. The predicted molar refractivity (Wildman–Crippen MR) is 60.4 cm³/mol. The van der Waals surface area contributed by atoms with Gasteiger partial charge >= 0.3 is 6.61 Å². The van der Waals surface area contributed by atoms with Crippen LogP contribution < -0.4 is 4.74 Å². The molecule has 0 aliphatic heterocycles. The normalized spacial score (nSPS) is 12.7. The van der Waals surface area contributed by atoms with Crippen LogP contribution in [0.15, 0.2) is 47.1 Å². The van der Waals surface area contributed by atoms with Gasteiger partial charge in [0.1, 0.15) is 11.5 Å². The van der Waals surface area contributed by atoms with Crippen molar-refractivity contribution in [1.82, 2.24) is 0 Å². The van der Waals surface area contributed by atoms with Crippen molar-refractivity contribution in [2.75, 3.05) is 0 Å². The first-order valence-electron chi connectivity index (χ1n) is 5.41. The summed E-state index contributed by atoms with van der Waals surface area (Å²) in [4.78, 5) is 0. The summed E-state index contributed by atoms with van der Waals surface area (Å²) in [5.74, 6) is 0.556. The highest BCUT2D eigenvalue weighted by Gasteiger charge is 2.17. The van der Waals surface area contributed by atoms with Gasteiger partial charge in [-0.05, 0) is 18.2 Å². The van der Waals surface area contributed by atoms with Gasteiger partial charge in [0.25, 0.3) is 0 Å². The van der Waals surface area contributed by atoms with Gasteiger partial charge in [-0.2, -0.15) is 8.78 Å². The first-order valence-corrected chi connectivity index (χ1v) is 5.41. The second kappa shape index (κ2) is 5.64. The molecule has 1 atom stereocenters. The van der Waals surface area contributed by atoms with Gasteiger partial charge in [0.05, 0.1) is 12.4 Å². The van der Waals surface area contributed by atoms with Crippen molar-refractivity contribution in [1.29, 1.82) is 0 Å². The van der Waals surface area contributed by atoms with E-state index in [4.69, 9.17) is 4.42 Å². The minimum absolute atomic E-state index is 0.0217. The number of aliphatic hydroxyl groups is 1. The van der Waals surface area contributed by atoms with E-state index in [0.29, 0.717) is 11.3 Å². The third-order valence-electron chi connectivity index (χ3n) is 2.47. The summed E-state index contributed by atoms with van der Waals surface area (Å²) >= 11 is 0. The Morgan fingerprint density at radius 3 is 2.61 bits per heavy atom. The van der Waals surface area contributed by atoms with Crippen LogP contribution in [0.2, 0.25) is 0 Å². The predicted octanol–water partition coefficient (Wildman–Crippen LogP) is 3.16. The fraction of sp³-hybridized carbons (Fsp3) is 0.231. The van der Waals surface area contributed by atoms with E-state index in [2.05, 4.69) is 4.74 Å². The first-order chi connectivity index (χ1) is 8.66. The number of para-hydroxylation sites is 1. The molecule has 3 nitrogen and oxygen atoms in total. The first kappa shape index (κ1) is 12.6. The lowest BCUT2D eigenvalue weighted by Crippen LogP contribution is -2.08. The Kier molecular flexibility index (Phi) is 3.94. The van der Waals surface area contributed by atoms with Crippen LogP contribution >= 0.6 is 0 Å². The Hall–Kier alpha value is -1.88. The Morgan fingerprint density at radius 2 is 1.94 bits per heavy atom. The molecule has 1 heterocycles. The molecular weight excluding hydrogens is 242 g/mol. The number of hydrogen-bond donors (Lipinski definition) is 1. The van der Waals surface area contributed by atoms with E-state index in [-0.39, 0.29) is 12.2 Å². The summed E-state index contributed by atoms with van der Waals surface area (Å²) < 4.78 is 33.9. The number of hydrogen-bond acceptors (Lipinski definition) is 3. The summed E-state index contributed by atoms with van der Waals surface area (Å²) in [7, 11) is 0. The van der Waals surface area contributed by atoms with E-state index < -0.39 is 12.7 Å². The molecule has 1 N–H and O–H groups in total. The number of alkyl halides is 2. The molecule has 0 aliphatic carbocycles. The zero-order valence-electron chi connectivity index (χ0n) is 9.42. The Balaban J connectivity index is 2.16. The molecule has 2 rings (SSSR count). The summed E-state index contributed by atoms with van der Waals surface area (Å²) in [6.45, 7) is -2.91. The van der Waals surface area contributed by atoms with Gasteiger partial charge in [0.2, 0.25) is 0 Å². The van der Waals surface area contributed by atoms with Crippen molar-refractivity contribution < 1.29 is 23.0 Å². The van der Waals surface area contributed by atoms with Crippen molar-refractivity contribution in [3.8, 4) is 5.75 Å². The van der Waals surface area contributed by atoms with Gasteiger partial charge in [-0.1, -0.05) is 18.2 Å². The van der Waals surface area contributed by atoms with Crippen LogP contribution in [-0.2, 0) is 6.42 Å². The molecule has 0 aliphatic rings. The van der Waals surface area contributed by atoms with Crippen molar-refractivity contribution in [3.63, 3.8) is 0 Å². The number of furan rings is 1. The van der Waals surface area contributed by atoms with Crippen molar-refractivity contribution in [3.05, 3.63) is 54.0 Å². The lowest BCUT2D eigenvalue weighted by molar-refractivity contribution is -0.0515. The molecule has 0 radical (unpaired) electrons. The minimum atomic E-state index is -2.91. The number of ether oxygens (including phenoxy) is 1. The largest absolute Gasteiger partial charge is 0.469 e. The summed E-state index contributed by atoms with van der Waals surface area (Å²) in [6, 6.07) is 9.57. The van der Waals surface area contributed by atoms with Gasteiger partial charge in [-0.3, -0.25) is 0 Å². The lowest BCUT2D eigenvalue weighted by Gasteiger charge is -2.14. The SMILES string of the molecule is OC(Cc1ccco1)c1ccccc1OC(F)F. The number of rotatable bonds is 5. The van der Waals surface area contributed by atoms with Crippen LogP contribution in [0.1, 0.15) is 17.4 Å². The van der Waals surface area contributed by atoms with E-state index in [9.17, 15) is 13.9 Å². The maximum Gasteiger partial charge on any atom is 0.387 e. The molecule has 0 spiro atoms. The Labute approximate surface area is 103 Å². The quantitative estimate of drug-likeness (QED) is 0.891. The maximum absolute atomic E-state index is 12.2. The van der Waals surface area contributed by atoms with Gasteiger partial charge in [-0.25, -0.2) is 0 Å². The standard InChI is InChI=1S/C13H12F2O3/c14-13(15)18-12-6-2-1-5-10(12)11(16)8-9-4-3-7-17-9/h1-7,11,13,16H,8H2. The average molecular weight is 254 g/mol. The molecule has 0 fully saturated rings. The second-order valence-corrected chi connectivity index (χ2v) is 3.72. The summed E-state index contributed by atoms with van der Waals surface area (Å²) in [5, 5.41) is 10.0. The molecule has 1 unspecified atom stereocenters. The zero-order chi connectivity index (χ0) is 13.0. The Bertz CT molecular complexity index is 483. The van der Waals surface area contributed by atoms with E-state index in [0.717, 1.165) is 0 Å². The average Bonchev–Trinajstić information content (AvgIpc) is 2.81. The highest BCUT2D eigenvalue weighted by molar-refractivity contribution is 5.35. The van der Waals surface area contributed by atoms with Crippen LogP contribution in [-0.4, -0.2) is 11.7 Å². The smallest absolute Gasteiger partial charge is 0.387 e. The van der Waals surface area contributed by atoms with Crippen LogP contribution in [0.5, 0.6) is 5.75 Å². The maximum atomic E-state index is 12.2. The highest BCUT2D eigenvalue weighted by Crippen LogP contribution is 2.28. The summed E-state index contributed by atoms with van der Waals surface area (Å²) in [5.41, 5.74) is 0.314. The van der Waals surface area contributed by atoms with Crippen LogP contribution in [0.25, 0.3) is 0 Å². The third kappa shape index (κ3) is 3.07. The molecule has 5 heteroatoms. The zero-order valence-corrected chi connectivity index (χ0v) is 9.42. The fourth-order valence-corrected chi connectivity index (χ4v) is 1.69. The van der Waals surface area contributed by atoms with Gasteiger partial charge in [-0.15, -0.1) is 0 Å². The third-order valence-corrected chi connectivity index (χ3v) is 2.47. The molecule has 0 saturated carbocycles. The highest BCUT2D eigenvalue weighted by atomic mass is 19.3. The molecule has 0 bridgehead atoms. The molecule has 2 aromatic rings. The summed E-state index contributed by atoms with van der Waals surface area (Å²) in [6.07, 6.45) is 0.742. The molecule has 0 amide bonds. The fourth-order valence-electron chi connectivity index (χ4n) is 1.69. The van der Waals surface area contributed by atoms with E-state index in [1.165, 1.54) is 12.3 Å². The molecular formula is C13H12F2O3. The van der Waals surface area contributed by atoms with Crippen molar-refractivity contribution in [2.45, 2.75) is 19.1 Å². The van der Waals surface area contributed by atoms with Crippen LogP contribution in [0.4, 0.5) is 8.78 Å². The Morgan fingerprint density at radius 1 is 1.17 bits per heavy atom. The molecule has 0 saturated heterocycles. The van der Waals surface area contributed by atoms with Crippen LogP contribution in [0, 0.1) is 0 Å². The van der Waals surface area contributed by atoms with Crippen LogP contribution in [0.3, 0.4) is 0 Å². The number of halogens is 2. The number of benzene rings is 1. The molecule has 96 valence electrons. The lowest BCUT2D eigenvalue weighted by atomic mass is 10.0. The minimum Gasteiger partial charge on any atom is -0.469 e. The monoisotopic (exact) mass is 254 g/mol. The van der Waals surface area contributed by atoms with E-state index in [1.807, 2.05) is 0 Å². The van der Waals surface area contributed by atoms with E-state index >= 15 is 0 Å². The van der Waals surface area contributed by atoms with Gasteiger partial charge in [0, 0.05) is 12.0 Å². The topological polar surface area (TPSA) is 42.6 Å². The van der Waals surface area contributed by atoms with E-state index in [1.54, 1.807) is 30.3 Å². The molecule has 18 heavy (non-hydrogen) atoms. The van der Waals surface area contributed by atoms with Gasteiger partial charge in [0.15, 0.2) is 0 Å².